The lowest BCUT2D eigenvalue weighted by Gasteiger charge is -2.31. The number of rotatable bonds is 6. The molecule has 3 heterocycles. The molecule has 1 N–H and O–H groups in total. The predicted octanol–water partition coefficient (Wildman–Crippen LogP) is 4.01. The Kier molecular flexibility index (Phi) is 6.01. The Hall–Kier alpha value is -2.27. The molecule has 2 aromatic rings. The first-order valence-electron chi connectivity index (χ1n) is 10.7. The molecule has 28 heavy (non-hydrogen) atoms. The van der Waals surface area contributed by atoms with E-state index in [0.717, 1.165) is 38.4 Å². The molecule has 0 aliphatic carbocycles. The van der Waals surface area contributed by atoms with E-state index < -0.39 is 0 Å². The van der Waals surface area contributed by atoms with E-state index in [1.165, 1.54) is 36.9 Å². The third-order valence-corrected chi connectivity index (χ3v) is 6.07. The average Bonchev–Trinajstić information content (AvgIpc) is 3.24. The van der Waals surface area contributed by atoms with E-state index in [4.69, 9.17) is 4.42 Å². The fourth-order valence-electron chi connectivity index (χ4n) is 4.42. The Labute approximate surface area is 167 Å². The zero-order valence-electron chi connectivity index (χ0n) is 16.8. The zero-order valence-corrected chi connectivity index (χ0v) is 16.8. The molecule has 1 aromatic heterocycles. The van der Waals surface area contributed by atoms with Gasteiger partial charge in [0.25, 0.3) is 5.91 Å². The van der Waals surface area contributed by atoms with Gasteiger partial charge in [0.15, 0.2) is 5.76 Å². The fourth-order valence-corrected chi connectivity index (χ4v) is 4.42. The number of nitrogens with one attached hydrogen (secondary N) is 1. The summed E-state index contributed by atoms with van der Waals surface area (Å²) in [6.07, 6.45) is 6.12. The van der Waals surface area contributed by atoms with Crippen LogP contribution in [0.5, 0.6) is 0 Å². The molecule has 0 bridgehead atoms. The number of hydrogen-bond acceptors (Lipinski definition) is 4. The van der Waals surface area contributed by atoms with Gasteiger partial charge in [-0.15, -0.1) is 0 Å². The molecule has 1 atom stereocenters. The number of fused-ring (bicyclic) bond motifs is 1. The Morgan fingerprint density at radius 1 is 1.07 bits per heavy atom. The molecule has 5 nitrogen and oxygen atoms in total. The summed E-state index contributed by atoms with van der Waals surface area (Å²) in [5.41, 5.74) is 2.71. The molecule has 0 spiro atoms. The summed E-state index contributed by atoms with van der Waals surface area (Å²) in [5, 5.41) is 3.02. The topological polar surface area (TPSA) is 48.7 Å². The van der Waals surface area contributed by atoms with E-state index in [-0.39, 0.29) is 11.9 Å². The lowest BCUT2D eigenvalue weighted by molar-refractivity contribution is 0.0918. The molecular formula is C23H31N3O2. The van der Waals surface area contributed by atoms with Crippen molar-refractivity contribution in [1.29, 1.82) is 0 Å². The van der Waals surface area contributed by atoms with Gasteiger partial charge in [-0.05, 0) is 69.5 Å². The maximum Gasteiger partial charge on any atom is 0.287 e. The van der Waals surface area contributed by atoms with Gasteiger partial charge in [0.1, 0.15) is 5.76 Å². The number of carbonyl (C=O) groups is 1. The van der Waals surface area contributed by atoms with Gasteiger partial charge >= 0.3 is 0 Å². The van der Waals surface area contributed by atoms with E-state index >= 15 is 0 Å². The molecular weight excluding hydrogens is 350 g/mol. The molecule has 2 aliphatic heterocycles. The van der Waals surface area contributed by atoms with E-state index in [2.05, 4.69) is 46.3 Å². The van der Waals surface area contributed by atoms with E-state index in [1.807, 2.05) is 6.07 Å². The number of hydrogen-bond donors (Lipinski definition) is 1. The number of benzene rings is 1. The van der Waals surface area contributed by atoms with Crippen LogP contribution in [0.4, 0.5) is 5.69 Å². The second-order valence-electron chi connectivity index (χ2n) is 7.95. The number of para-hydroxylation sites is 1. The summed E-state index contributed by atoms with van der Waals surface area (Å²) >= 11 is 0. The maximum absolute atomic E-state index is 12.5. The normalized spacial score (nSPS) is 18.5. The number of anilines is 1. The van der Waals surface area contributed by atoms with Crippen molar-refractivity contribution in [1.82, 2.24) is 10.2 Å². The third kappa shape index (κ3) is 4.25. The molecule has 150 valence electrons. The van der Waals surface area contributed by atoms with Crippen LogP contribution in [-0.4, -0.2) is 43.5 Å². The van der Waals surface area contributed by atoms with Gasteiger partial charge in [-0.1, -0.05) is 24.6 Å². The minimum atomic E-state index is -0.123. The predicted molar refractivity (Wildman–Crippen MR) is 112 cm³/mol. The second kappa shape index (κ2) is 8.82. The molecule has 1 fully saturated rings. The van der Waals surface area contributed by atoms with Gasteiger partial charge in [0, 0.05) is 25.3 Å². The van der Waals surface area contributed by atoms with Crippen molar-refractivity contribution in [3.8, 4) is 0 Å². The van der Waals surface area contributed by atoms with Crippen LogP contribution in [0, 0.1) is 0 Å². The lowest BCUT2D eigenvalue weighted by Crippen LogP contribution is -2.37. The Morgan fingerprint density at radius 3 is 2.75 bits per heavy atom. The van der Waals surface area contributed by atoms with Crippen molar-refractivity contribution >= 4 is 11.6 Å². The number of amides is 1. The highest BCUT2D eigenvalue weighted by Crippen LogP contribution is 2.27. The first-order valence-corrected chi connectivity index (χ1v) is 10.7. The molecule has 1 saturated heterocycles. The summed E-state index contributed by atoms with van der Waals surface area (Å²) in [6.45, 7) is 6.87. The highest BCUT2D eigenvalue weighted by atomic mass is 16.4. The molecule has 1 aromatic carbocycles. The monoisotopic (exact) mass is 381 g/mol. The van der Waals surface area contributed by atoms with Gasteiger partial charge in [0.2, 0.25) is 0 Å². The SMILES string of the molecule is CC(c1ccc(C(=O)NCCN2CCCc3ccccc32)o1)N1CCCCC1. The Balaban J connectivity index is 1.30. The van der Waals surface area contributed by atoms with Crippen molar-refractivity contribution in [2.45, 2.75) is 45.1 Å². The van der Waals surface area contributed by atoms with Crippen molar-refractivity contribution in [3.05, 3.63) is 53.5 Å². The van der Waals surface area contributed by atoms with Crippen LogP contribution < -0.4 is 10.2 Å². The van der Waals surface area contributed by atoms with Crippen molar-refractivity contribution < 1.29 is 9.21 Å². The van der Waals surface area contributed by atoms with E-state index in [9.17, 15) is 4.79 Å². The summed E-state index contributed by atoms with van der Waals surface area (Å²) in [7, 11) is 0. The van der Waals surface area contributed by atoms with Crippen LogP contribution in [0.1, 0.15) is 60.5 Å². The molecule has 4 rings (SSSR count). The van der Waals surface area contributed by atoms with Crippen molar-refractivity contribution in [2.24, 2.45) is 0 Å². The smallest absolute Gasteiger partial charge is 0.287 e. The van der Waals surface area contributed by atoms with Crippen LogP contribution in [0.15, 0.2) is 40.8 Å². The molecule has 1 amide bonds. The fraction of sp³-hybridized carbons (Fsp3) is 0.522. The zero-order chi connectivity index (χ0) is 19.3. The molecule has 5 heteroatoms. The van der Waals surface area contributed by atoms with Gasteiger partial charge < -0.3 is 14.6 Å². The van der Waals surface area contributed by atoms with Gasteiger partial charge in [-0.3, -0.25) is 9.69 Å². The Morgan fingerprint density at radius 2 is 1.89 bits per heavy atom. The van der Waals surface area contributed by atoms with Gasteiger partial charge in [0.05, 0.1) is 6.04 Å². The van der Waals surface area contributed by atoms with Crippen LogP contribution >= 0.6 is 0 Å². The van der Waals surface area contributed by atoms with Crippen LogP contribution in [0.3, 0.4) is 0 Å². The van der Waals surface area contributed by atoms with E-state index in [0.29, 0.717) is 12.3 Å². The molecule has 0 radical (unpaired) electrons. The van der Waals surface area contributed by atoms with Crippen molar-refractivity contribution in [3.63, 3.8) is 0 Å². The number of carbonyl (C=O) groups excluding carboxylic acids is 1. The first kappa shape index (κ1) is 19.1. The minimum Gasteiger partial charge on any atom is -0.454 e. The lowest BCUT2D eigenvalue weighted by atomic mass is 10.0. The van der Waals surface area contributed by atoms with Crippen LogP contribution in [0.2, 0.25) is 0 Å². The quantitative estimate of drug-likeness (QED) is 0.821. The minimum absolute atomic E-state index is 0.123. The number of furan rings is 1. The van der Waals surface area contributed by atoms with Crippen LogP contribution in [-0.2, 0) is 6.42 Å². The van der Waals surface area contributed by atoms with Gasteiger partial charge in [-0.2, -0.15) is 0 Å². The first-order chi connectivity index (χ1) is 13.7. The van der Waals surface area contributed by atoms with Crippen molar-refractivity contribution in [2.75, 3.05) is 37.6 Å². The highest BCUT2D eigenvalue weighted by molar-refractivity contribution is 5.91. The third-order valence-electron chi connectivity index (χ3n) is 6.07. The second-order valence-corrected chi connectivity index (χ2v) is 7.95. The maximum atomic E-state index is 12.5. The van der Waals surface area contributed by atoms with E-state index in [1.54, 1.807) is 6.07 Å². The molecule has 0 saturated carbocycles. The Bertz CT molecular complexity index is 795. The summed E-state index contributed by atoms with van der Waals surface area (Å²) in [6, 6.07) is 12.6. The number of likely N-dealkylation sites (tertiary alicyclic amines) is 1. The largest absolute Gasteiger partial charge is 0.454 e. The summed E-state index contributed by atoms with van der Waals surface area (Å²) in [4.78, 5) is 17.3. The molecule has 1 unspecified atom stereocenters. The van der Waals surface area contributed by atoms with Crippen LogP contribution in [0.25, 0.3) is 0 Å². The van der Waals surface area contributed by atoms with Gasteiger partial charge in [-0.25, -0.2) is 0 Å². The molecule has 2 aliphatic rings. The standard InChI is InChI=1S/C23H31N3O2/c1-18(25-14-5-2-6-15-25)21-11-12-22(28-21)23(27)24-13-17-26-16-7-9-19-8-3-4-10-20(19)26/h3-4,8,10-12,18H,2,5-7,9,13-17H2,1H3,(H,24,27). The average molecular weight is 382 g/mol. The summed E-state index contributed by atoms with van der Waals surface area (Å²) < 4.78 is 5.89. The number of nitrogens with zero attached hydrogens (tertiary/aromatic N) is 2. The number of piperidine rings is 1. The summed E-state index contributed by atoms with van der Waals surface area (Å²) in [5.74, 6) is 1.18. The highest BCUT2D eigenvalue weighted by Gasteiger charge is 2.22. The number of aryl methyl sites for hydroxylation is 1.